The Morgan fingerprint density at radius 2 is 1.76 bits per heavy atom. The Balaban J connectivity index is 1.45. The summed E-state index contributed by atoms with van der Waals surface area (Å²) in [7, 11) is 0. The SMILES string of the molecule is Cc1oc2cc(OC(=O)[C@@H](C)NC(=O)OCc3ccccc3)ccc2c(=O)c1-c1ccc([N+](=O)[O-])cc1. The van der Waals surface area contributed by atoms with Crippen LogP contribution in [-0.4, -0.2) is 23.0 Å². The summed E-state index contributed by atoms with van der Waals surface area (Å²) in [5, 5.41) is 13.6. The topological polar surface area (TPSA) is 138 Å². The van der Waals surface area contributed by atoms with Crippen LogP contribution in [0.2, 0.25) is 0 Å². The molecule has 0 radical (unpaired) electrons. The summed E-state index contributed by atoms with van der Waals surface area (Å²) in [5.74, 6) is -0.321. The molecule has 0 spiro atoms. The van der Waals surface area contributed by atoms with Gasteiger partial charge >= 0.3 is 12.1 Å². The zero-order valence-corrected chi connectivity index (χ0v) is 19.9. The number of alkyl carbamates (subject to hydrolysis) is 1. The molecule has 0 bridgehead atoms. The zero-order chi connectivity index (χ0) is 26.5. The van der Waals surface area contributed by atoms with Gasteiger partial charge in [0.05, 0.1) is 15.9 Å². The molecule has 0 saturated carbocycles. The van der Waals surface area contributed by atoms with Crippen molar-refractivity contribution in [2.24, 2.45) is 0 Å². The average Bonchev–Trinajstić information content (AvgIpc) is 2.88. The van der Waals surface area contributed by atoms with Gasteiger partial charge in [0.2, 0.25) is 5.43 Å². The lowest BCUT2D eigenvalue weighted by Gasteiger charge is -2.14. The van der Waals surface area contributed by atoms with Gasteiger partial charge in [-0.1, -0.05) is 30.3 Å². The molecule has 0 aliphatic rings. The van der Waals surface area contributed by atoms with E-state index in [1.807, 2.05) is 18.2 Å². The van der Waals surface area contributed by atoms with E-state index < -0.39 is 23.0 Å². The van der Waals surface area contributed by atoms with Crippen LogP contribution in [0.15, 0.2) is 82.0 Å². The van der Waals surface area contributed by atoms with Crippen molar-refractivity contribution >= 4 is 28.7 Å². The second-order valence-corrected chi connectivity index (χ2v) is 8.17. The van der Waals surface area contributed by atoms with E-state index in [0.29, 0.717) is 11.3 Å². The first-order valence-corrected chi connectivity index (χ1v) is 11.2. The van der Waals surface area contributed by atoms with Crippen LogP contribution in [0.4, 0.5) is 10.5 Å². The van der Waals surface area contributed by atoms with Crippen molar-refractivity contribution in [3.63, 3.8) is 0 Å². The van der Waals surface area contributed by atoms with Crippen LogP contribution in [0.1, 0.15) is 18.2 Å². The van der Waals surface area contributed by atoms with Crippen LogP contribution in [0.5, 0.6) is 5.75 Å². The number of rotatable bonds is 7. The van der Waals surface area contributed by atoms with Gasteiger partial charge in [-0.2, -0.15) is 0 Å². The van der Waals surface area contributed by atoms with Crippen LogP contribution in [0.3, 0.4) is 0 Å². The third-order valence-electron chi connectivity index (χ3n) is 5.53. The number of ether oxygens (including phenoxy) is 2. The number of nitrogens with one attached hydrogen (secondary N) is 1. The number of esters is 1. The number of amides is 1. The fourth-order valence-electron chi connectivity index (χ4n) is 3.64. The van der Waals surface area contributed by atoms with Crippen molar-refractivity contribution in [2.45, 2.75) is 26.5 Å². The molecule has 37 heavy (non-hydrogen) atoms. The van der Waals surface area contributed by atoms with E-state index in [4.69, 9.17) is 13.9 Å². The second-order valence-electron chi connectivity index (χ2n) is 8.17. The van der Waals surface area contributed by atoms with Gasteiger partial charge in [-0.25, -0.2) is 9.59 Å². The molecule has 4 aromatic rings. The number of carbonyl (C=O) groups excluding carboxylic acids is 2. The van der Waals surface area contributed by atoms with Gasteiger partial charge in [-0.3, -0.25) is 14.9 Å². The monoisotopic (exact) mass is 502 g/mol. The molecule has 0 fully saturated rings. The summed E-state index contributed by atoms with van der Waals surface area (Å²) in [6.07, 6.45) is -0.771. The lowest BCUT2D eigenvalue weighted by molar-refractivity contribution is -0.384. The molecule has 3 aromatic carbocycles. The van der Waals surface area contributed by atoms with Gasteiger partial charge in [0.25, 0.3) is 5.69 Å². The maximum Gasteiger partial charge on any atom is 0.408 e. The first kappa shape index (κ1) is 25.1. The molecular weight excluding hydrogens is 480 g/mol. The first-order valence-electron chi connectivity index (χ1n) is 11.2. The van der Waals surface area contributed by atoms with Crippen molar-refractivity contribution in [3.8, 4) is 16.9 Å². The molecule has 10 heteroatoms. The van der Waals surface area contributed by atoms with E-state index in [-0.39, 0.29) is 40.0 Å². The molecule has 0 unspecified atom stereocenters. The third-order valence-corrected chi connectivity index (χ3v) is 5.53. The van der Waals surface area contributed by atoms with Gasteiger partial charge in [-0.15, -0.1) is 0 Å². The highest BCUT2D eigenvalue weighted by Gasteiger charge is 2.20. The maximum atomic E-state index is 13.1. The van der Waals surface area contributed by atoms with Gasteiger partial charge in [0.1, 0.15) is 29.7 Å². The van der Waals surface area contributed by atoms with E-state index >= 15 is 0 Å². The molecule has 1 N–H and O–H groups in total. The van der Waals surface area contributed by atoms with Crippen LogP contribution < -0.4 is 15.5 Å². The molecule has 0 aliphatic heterocycles. The van der Waals surface area contributed by atoms with Crippen LogP contribution in [-0.2, 0) is 16.1 Å². The first-order chi connectivity index (χ1) is 17.7. The van der Waals surface area contributed by atoms with E-state index in [2.05, 4.69) is 5.32 Å². The Labute approximate surface area is 210 Å². The van der Waals surface area contributed by atoms with Crippen molar-refractivity contribution < 1.29 is 28.4 Å². The van der Waals surface area contributed by atoms with Gasteiger partial charge in [0.15, 0.2) is 0 Å². The maximum absolute atomic E-state index is 13.1. The largest absolute Gasteiger partial charge is 0.460 e. The zero-order valence-electron chi connectivity index (χ0n) is 19.9. The molecule has 1 aromatic heterocycles. The quantitative estimate of drug-likeness (QED) is 0.163. The molecule has 0 saturated heterocycles. The van der Waals surface area contributed by atoms with E-state index in [9.17, 15) is 24.5 Å². The highest BCUT2D eigenvalue weighted by molar-refractivity contribution is 5.86. The summed E-state index contributed by atoms with van der Waals surface area (Å²) >= 11 is 0. The Hall–Kier alpha value is -4.99. The summed E-state index contributed by atoms with van der Waals surface area (Å²) in [6, 6.07) is 18.0. The van der Waals surface area contributed by atoms with Crippen molar-refractivity contribution in [2.75, 3.05) is 0 Å². The van der Waals surface area contributed by atoms with Crippen molar-refractivity contribution in [1.82, 2.24) is 5.32 Å². The number of nitro benzene ring substituents is 1. The number of hydrogen-bond donors (Lipinski definition) is 1. The molecule has 1 atom stereocenters. The molecule has 1 amide bonds. The Morgan fingerprint density at radius 1 is 1.05 bits per heavy atom. The summed E-state index contributed by atoms with van der Waals surface area (Å²) in [5.41, 5.74) is 1.33. The van der Waals surface area contributed by atoms with Crippen LogP contribution in [0, 0.1) is 17.0 Å². The molecule has 0 aliphatic carbocycles. The van der Waals surface area contributed by atoms with Crippen molar-refractivity contribution in [1.29, 1.82) is 0 Å². The van der Waals surface area contributed by atoms with E-state index in [0.717, 1.165) is 5.56 Å². The third kappa shape index (κ3) is 5.81. The smallest absolute Gasteiger partial charge is 0.408 e. The number of fused-ring (bicyclic) bond motifs is 1. The predicted octanol–water partition coefficient (Wildman–Crippen LogP) is 4.90. The lowest BCUT2D eigenvalue weighted by Crippen LogP contribution is -2.41. The highest BCUT2D eigenvalue weighted by atomic mass is 16.6. The number of non-ortho nitro benzene ring substituents is 1. The van der Waals surface area contributed by atoms with Gasteiger partial charge < -0.3 is 19.2 Å². The fourth-order valence-corrected chi connectivity index (χ4v) is 3.64. The average molecular weight is 502 g/mol. The summed E-state index contributed by atoms with van der Waals surface area (Å²) < 4.78 is 16.3. The standard InChI is InChI=1S/C27H22N2O8/c1-16(28-27(32)35-15-18-6-4-3-5-7-18)26(31)37-21-12-13-22-23(14-21)36-17(2)24(25(22)30)19-8-10-20(11-9-19)29(33)34/h3-14,16H,15H2,1-2H3,(H,28,32)/t16-/m1/s1. The van der Waals surface area contributed by atoms with Gasteiger partial charge in [-0.05, 0) is 49.2 Å². The second kappa shape index (κ2) is 10.7. The number of nitrogens with zero attached hydrogens (tertiary/aromatic N) is 1. The molecule has 1 heterocycles. The highest BCUT2D eigenvalue weighted by Crippen LogP contribution is 2.27. The number of benzene rings is 3. The number of nitro groups is 1. The molecule has 10 nitrogen and oxygen atoms in total. The number of aryl methyl sites for hydroxylation is 1. The van der Waals surface area contributed by atoms with Crippen LogP contribution in [0.25, 0.3) is 22.1 Å². The Kier molecular flexibility index (Phi) is 7.28. The fraction of sp³-hybridized carbons (Fsp3) is 0.148. The number of hydrogen-bond acceptors (Lipinski definition) is 8. The molecular formula is C27H22N2O8. The Morgan fingerprint density at radius 3 is 2.43 bits per heavy atom. The lowest BCUT2D eigenvalue weighted by atomic mass is 10.0. The summed E-state index contributed by atoms with van der Waals surface area (Å²) in [4.78, 5) is 48.0. The number of carbonyl (C=O) groups is 2. The summed E-state index contributed by atoms with van der Waals surface area (Å²) in [6.45, 7) is 3.11. The minimum atomic E-state index is -1.00. The minimum absolute atomic E-state index is 0.0549. The molecule has 4 rings (SSSR count). The van der Waals surface area contributed by atoms with E-state index in [1.165, 1.54) is 49.4 Å². The predicted molar refractivity (Wildman–Crippen MR) is 134 cm³/mol. The normalized spacial score (nSPS) is 11.5. The van der Waals surface area contributed by atoms with Crippen molar-refractivity contribution in [3.05, 3.63) is 104 Å². The van der Waals surface area contributed by atoms with Gasteiger partial charge in [0, 0.05) is 18.2 Å². The molecule has 188 valence electrons. The van der Waals surface area contributed by atoms with E-state index in [1.54, 1.807) is 19.1 Å². The minimum Gasteiger partial charge on any atom is -0.460 e. The van der Waals surface area contributed by atoms with Crippen LogP contribution >= 0.6 is 0 Å². The Bertz CT molecular complexity index is 1530.